The molecule has 15 heavy (non-hydrogen) atoms. The third-order valence-corrected chi connectivity index (χ3v) is 2.29. The Morgan fingerprint density at radius 1 is 1.20 bits per heavy atom. The van der Waals surface area contributed by atoms with Crippen molar-refractivity contribution in [2.75, 3.05) is 6.54 Å². The van der Waals surface area contributed by atoms with Crippen molar-refractivity contribution in [2.45, 2.75) is 51.5 Å². The van der Waals surface area contributed by atoms with Gasteiger partial charge in [-0.25, -0.2) is 0 Å². The number of rotatable bonds is 3. The van der Waals surface area contributed by atoms with Gasteiger partial charge < -0.3 is 5.32 Å². The Morgan fingerprint density at radius 2 is 1.67 bits per heavy atom. The molecule has 0 radical (unpaired) electrons. The van der Waals surface area contributed by atoms with E-state index in [1.54, 1.807) is 0 Å². The Labute approximate surface area is 91.8 Å². The number of hydrogen-bond acceptors (Lipinski definition) is 3. The van der Waals surface area contributed by atoms with Gasteiger partial charge in [0.05, 0.1) is 0 Å². The average molecular weight is 239 g/mol. The van der Waals surface area contributed by atoms with Crippen LogP contribution in [0.15, 0.2) is 0 Å². The van der Waals surface area contributed by atoms with Crippen LogP contribution in [0, 0.1) is 0 Å². The first-order chi connectivity index (χ1) is 6.93. The Bertz CT molecular complexity index is 226. The molecule has 92 valence electrons. The first kappa shape index (κ1) is 14.8. The lowest BCUT2D eigenvalue weighted by Crippen LogP contribution is -2.31. The summed E-state index contributed by atoms with van der Waals surface area (Å²) in [5.74, 6) is 0. The van der Waals surface area contributed by atoms with E-state index in [2.05, 4.69) is 12.2 Å². The Balaban J connectivity index is 0.000000336. The molecule has 0 bridgehead atoms. The summed E-state index contributed by atoms with van der Waals surface area (Å²) in [6.07, 6.45) is 8.46. The van der Waals surface area contributed by atoms with E-state index in [1.165, 1.54) is 45.1 Å². The van der Waals surface area contributed by atoms with Crippen molar-refractivity contribution in [3.05, 3.63) is 0 Å². The SMILES string of the molecule is CCCNC1CCCCC1.O=S(=O)(O)O. The summed E-state index contributed by atoms with van der Waals surface area (Å²) in [5, 5.41) is 3.57. The van der Waals surface area contributed by atoms with Gasteiger partial charge in [0.25, 0.3) is 0 Å². The van der Waals surface area contributed by atoms with Gasteiger partial charge in [-0.2, -0.15) is 8.42 Å². The maximum atomic E-state index is 8.74. The van der Waals surface area contributed by atoms with E-state index in [-0.39, 0.29) is 0 Å². The fourth-order valence-corrected chi connectivity index (χ4v) is 1.66. The molecule has 0 unspecified atom stereocenters. The zero-order valence-corrected chi connectivity index (χ0v) is 9.96. The molecule has 0 aromatic carbocycles. The van der Waals surface area contributed by atoms with E-state index in [1.807, 2.05) is 0 Å². The molecular weight excluding hydrogens is 218 g/mol. The Kier molecular flexibility index (Phi) is 7.95. The van der Waals surface area contributed by atoms with Gasteiger partial charge in [-0.15, -0.1) is 0 Å². The van der Waals surface area contributed by atoms with Crippen molar-refractivity contribution < 1.29 is 17.5 Å². The molecular formula is C9H21NO4S. The molecule has 0 aromatic heterocycles. The molecule has 6 heteroatoms. The van der Waals surface area contributed by atoms with E-state index in [9.17, 15) is 0 Å². The topological polar surface area (TPSA) is 86.6 Å². The molecule has 1 rings (SSSR count). The lowest BCUT2D eigenvalue weighted by molar-refractivity contribution is 0.374. The first-order valence-electron chi connectivity index (χ1n) is 5.36. The zero-order chi connectivity index (χ0) is 11.7. The molecule has 1 fully saturated rings. The highest BCUT2D eigenvalue weighted by Crippen LogP contribution is 2.16. The Morgan fingerprint density at radius 3 is 2.07 bits per heavy atom. The van der Waals surface area contributed by atoms with Gasteiger partial charge >= 0.3 is 10.4 Å². The second-order valence-electron chi connectivity index (χ2n) is 3.74. The molecule has 1 aliphatic rings. The van der Waals surface area contributed by atoms with Crippen LogP contribution in [0.1, 0.15) is 45.4 Å². The van der Waals surface area contributed by atoms with E-state index in [4.69, 9.17) is 17.5 Å². The predicted octanol–water partition coefficient (Wildman–Crippen LogP) is 1.67. The normalized spacial score (nSPS) is 18.1. The number of hydrogen-bond donors (Lipinski definition) is 3. The van der Waals surface area contributed by atoms with Crippen molar-refractivity contribution in [2.24, 2.45) is 0 Å². The third-order valence-electron chi connectivity index (χ3n) is 2.29. The molecule has 0 aliphatic heterocycles. The molecule has 0 atom stereocenters. The van der Waals surface area contributed by atoms with Crippen LogP contribution >= 0.6 is 0 Å². The smallest absolute Gasteiger partial charge is 0.314 e. The summed E-state index contributed by atoms with van der Waals surface area (Å²) in [4.78, 5) is 0. The van der Waals surface area contributed by atoms with E-state index in [0.717, 1.165) is 6.04 Å². The van der Waals surface area contributed by atoms with Crippen molar-refractivity contribution in [1.29, 1.82) is 0 Å². The van der Waals surface area contributed by atoms with Crippen LogP contribution in [-0.2, 0) is 10.4 Å². The van der Waals surface area contributed by atoms with Crippen molar-refractivity contribution in [3.63, 3.8) is 0 Å². The van der Waals surface area contributed by atoms with E-state index < -0.39 is 10.4 Å². The van der Waals surface area contributed by atoms with Gasteiger partial charge in [0.15, 0.2) is 0 Å². The van der Waals surface area contributed by atoms with E-state index >= 15 is 0 Å². The minimum atomic E-state index is -4.67. The second kappa shape index (κ2) is 8.04. The fourth-order valence-electron chi connectivity index (χ4n) is 1.66. The van der Waals surface area contributed by atoms with Gasteiger partial charge in [0.2, 0.25) is 0 Å². The summed E-state index contributed by atoms with van der Waals surface area (Å²) in [6.45, 7) is 3.44. The highest BCUT2D eigenvalue weighted by atomic mass is 32.3. The van der Waals surface area contributed by atoms with Crippen LogP contribution in [0.2, 0.25) is 0 Å². The predicted molar refractivity (Wildman–Crippen MR) is 59.3 cm³/mol. The Hall–Kier alpha value is -0.170. The molecule has 0 heterocycles. The monoisotopic (exact) mass is 239 g/mol. The van der Waals surface area contributed by atoms with Gasteiger partial charge in [-0.05, 0) is 25.8 Å². The lowest BCUT2D eigenvalue weighted by atomic mass is 9.95. The van der Waals surface area contributed by atoms with Gasteiger partial charge in [-0.3, -0.25) is 9.11 Å². The standard InChI is InChI=1S/C9H19N.H2O4S/c1-2-8-10-9-6-4-3-5-7-9;1-5(2,3)4/h9-10H,2-8H2,1H3;(H2,1,2,3,4). The first-order valence-corrected chi connectivity index (χ1v) is 6.76. The second-order valence-corrected chi connectivity index (χ2v) is 4.63. The largest absolute Gasteiger partial charge is 0.394 e. The highest BCUT2D eigenvalue weighted by molar-refractivity contribution is 7.79. The van der Waals surface area contributed by atoms with Gasteiger partial charge in [0, 0.05) is 6.04 Å². The summed E-state index contributed by atoms with van der Waals surface area (Å²) in [5.41, 5.74) is 0. The molecule has 1 saturated carbocycles. The van der Waals surface area contributed by atoms with Crippen LogP contribution in [0.3, 0.4) is 0 Å². The molecule has 0 saturated heterocycles. The lowest BCUT2D eigenvalue weighted by Gasteiger charge is -2.22. The molecule has 0 spiro atoms. The third kappa shape index (κ3) is 13.8. The molecule has 0 amide bonds. The number of nitrogens with one attached hydrogen (secondary N) is 1. The van der Waals surface area contributed by atoms with Crippen LogP contribution in [0.4, 0.5) is 0 Å². The maximum Gasteiger partial charge on any atom is 0.394 e. The maximum absolute atomic E-state index is 8.74. The van der Waals surface area contributed by atoms with Crippen molar-refractivity contribution in [1.82, 2.24) is 5.32 Å². The fraction of sp³-hybridized carbons (Fsp3) is 1.00. The minimum absolute atomic E-state index is 0.855. The molecule has 1 aliphatic carbocycles. The van der Waals surface area contributed by atoms with Crippen LogP contribution in [0.5, 0.6) is 0 Å². The van der Waals surface area contributed by atoms with Crippen LogP contribution in [-0.4, -0.2) is 30.1 Å². The zero-order valence-electron chi connectivity index (χ0n) is 9.15. The van der Waals surface area contributed by atoms with Crippen molar-refractivity contribution in [3.8, 4) is 0 Å². The van der Waals surface area contributed by atoms with Crippen LogP contribution in [0.25, 0.3) is 0 Å². The van der Waals surface area contributed by atoms with Crippen molar-refractivity contribution >= 4 is 10.4 Å². The van der Waals surface area contributed by atoms with Gasteiger partial charge in [0.1, 0.15) is 0 Å². The average Bonchev–Trinajstić information content (AvgIpc) is 2.14. The molecule has 5 nitrogen and oxygen atoms in total. The summed E-state index contributed by atoms with van der Waals surface area (Å²) < 4.78 is 31.6. The van der Waals surface area contributed by atoms with E-state index in [0.29, 0.717) is 0 Å². The highest BCUT2D eigenvalue weighted by Gasteiger charge is 2.10. The minimum Gasteiger partial charge on any atom is -0.314 e. The van der Waals surface area contributed by atoms with Crippen LogP contribution < -0.4 is 5.32 Å². The summed E-state index contributed by atoms with van der Waals surface area (Å²) in [7, 11) is -4.67. The molecule has 3 N–H and O–H groups in total. The summed E-state index contributed by atoms with van der Waals surface area (Å²) >= 11 is 0. The summed E-state index contributed by atoms with van der Waals surface area (Å²) in [6, 6.07) is 0.855. The quantitative estimate of drug-likeness (QED) is 0.652. The van der Waals surface area contributed by atoms with Gasteiger partial charge in [-0.1, -0.05) is 26.2 Å². The molecule has 0 aromatic rings.